The summed E-state index contributed by atoms with van der Waals surface area (Å²) >= 11 is 0. The lowest BCUT2D eigenvalue weighted by atomic mass is 9.88. The lowest BCUT2D eigenvalue weighted by Crippen LogP contribution is -2.68. The van der Waals surface area contributed by atoms with E-state index >= 15 is 0 Å². The van der Waals surface area contributed by atoms with Crippen LogP contribution in [0, 0.1) is 5.92 Å². The van der Waals surface area contributed by atoms with E-state index in [1.807, 2.05) is 9.80 Å². The Morgan fingerprint density at radius 1 is 1.10 bits per heavy atom. The molecule has 0 spiro atoms. The van der Waals surface area contributed by atoms with Crippen LogP contribution in [0.4, 0.5) is 0 Å². The Morgan fingerprint density at radius 3 is 2.30 bits per heavy atom. The summed E-state index contributed by atoms with van der Waals surface area (Å²) < 4.78 is 0. The maximum atomic E-state index is 12.9. The van der Waals surface area contributed by atoms with Crippen molar-refractivity contribution in [1.29, 1.82) is 0 Å². The van der Waals surface area contributed by atoms with E-state index in [0.717, 1.165) is 38.6 Å². The molecule has 0 aromatic heterocycles. The van der Waals surface area contributed by atoms with Gasteiger partial charge in [-0.3, -0.25) is 9.59 Å². The van der Waals surface area contributed by atoms with Crippen LogP contribution in [0.2, 0.25) is 0 Å². The second kappa shape index (κ2) is 6.15. The van der Waals surface area contributed by atoms with Crippen LogP contribution < -0.4 is 0 Å². The molecule has 0 aromatic carbocycles. The first-order valence-corrected chi connectivity index (χ1v) is 8.15. The highest BCUT2D eigenvalue weighted by Crippen LogP contribution is 2.31. The minimum Gasteiger partial charge on any atom is -0.329 e. The number of hydrogen-bond acceptors (Lipinski definition) is 2. The minimum absolute atomic E-state index is 0.176. The first kappa shape index (κ1) is 15.3. The Balaban J connectivity index is 2.36. The van der Waals surface area contributed by atoms with E-state index in [1.54, 1.807) is 0 Å². The van der Waals surface area contributed by atoms with Crippen LogP contribution >= 0.6 is 0 Å². The molecule has 2 saturated heterocycles. The van der Waals surface area contributed by atoms with Gasteiger partial charge in [0.2, 0.25) is 11.8 Å². The van der Waals surface area contributed by atoms with Crippen molar-refractivity contribution in [3.63, 3.8) is 0 Å². The Morgan fingerprint density at radius 2 is 1.75 bits per heavy atom. The second-order valence-electron chi connectivity index (χ2n) is 6.45. The molecule has 0 bridgehead atoms. The molecule has 2 rings (SSSR count). The van der Waals surface area contributed by atoms with Gasteiger partial charge in [0, 0.05) is 12.6 Å². The molecule has 2 amide bonds. The van der Waals surface area contributed by atoms with Gasteiger partial charge in [-0.1, -0.05) is 27.7 Å². The van der Waals surface area contributed by atoms with Crippen molar-refractivity contribution in [3.8, 4) is 0 Å². The highest BCUT2D eigenvalue weighted by molar-refractivity contribution is 5.97. The van der Waals surface area contributed by atoms with Gasteiger partial charge in [0.05, 0.1) is 0 Å². The quantitative estimate of drug-likeness (QED) is 0.793. The Bertz CT molecular complexity index is 377. The number of fused-ring (bicyclic) bond motifs is 1. The molecule has 2 heterocycles. The van der Waals surface area contributed by atoms with Crippen LogP contribution in [0.3, 0.4) is 0 Å². The average Bonchev–Trinajstić information content (AvgIpc) is 2.45. The Labute approximate surface area is 122 Å². The lowest BCUT2D eigenvalue weighted by Gasteiger charge is -2.50. The summed E-state index contributed by atoms with van der Waals surface area (Å²) in [5, 5.41) is 0. The fourth-order valence-electron chi connectivity index (χ4n) is 3.75. The Hall–Kier alpha value is -1.06. The molecule has 0 saturated carbocycles. The van der Waals surface area contributed by atoms with Crippen LogP contribution in [-0.4, -0.2) is 46.3 Å². The zero-order valence-electron chi connectivity index (χ0n) is 13.3. The predicted octanol–water partition coefficient (Wildman–Crippen LogP) is 2.42. The molecule has 0 N–H and O–H groups in total. The molecular weight excluding hydrogens is 252 g/mol. The van der Waals surface area contributed by atoms with E-state index in [-0.39, 0.29) is 35.9 Å². The first-order valence-electron chi connectivity index (χ1n) is 8.15. The van der Waals surface area contributed by atoms with Gasteiger partial charge in [-0.05, 0) is 38.0 Å². The minimum atomic E-state index is -0.262. The smallest absolute Gasteiger partial charge is 0.246 e. The largest absolute Gasteiger partial charge is 0.329 e. The molecule has 20 heavy (non-hydrogen) atoms. The Kier molecular flexibility index (Phi) is 4.71. The van der Waals surface area contributed by atoms with Gasteiger partial charge in [-0.25, -0.2) is 0 Å². The average molecular weight is 280 g/mol. The van der Waals surface area contributed by atoms with Crippen LogP contribution in [0.25, 0.3) is 0 Å². The number of rotatable bonds is 4. The van der Waals surface area contributed by atoms with Crippen molar-refractivity contribution in [2.24, 2.45) is 5.92 Å². The van der Waals surface area contributed by atoms with Crippen molar-refractivity contribution < 1.29 is 9.59 Å². The van der Waals surface area contributed by atoms with Crippen molar-refractivity contribution in [3.05, 3.63) is 0 Å². The molecule has 4 nitrogen and oxygen atoms in total. The standard InChI is InChI=1S/C16H28N2O2/c1-5-12(6-2)18-14(11(3)4)16(20)17-10-8-7-9-13(17)15(18)19/h11-14H,5-10H2,1-4H3. The SMILES string of the molecule is CCC(CC)N1C(=O)C2CCCCN2C(=O)C1C(C)C. The maximum Gasteiger partial charge on any atom is 0.246 e. The molecule has 2 atom stereocenters. The molecule has 114 valence electrons. The fraction of sp³-hybridized carbons (Fsp3) is 0.875. The zero-order valence-corrected chi connectivity index (χ0v) is 13.3. The highest BCUT2D eigenvalue weighted by Gasteiger charge is 2.49. The van der Waals surface area contributed by atoms with E-state index in [4.69, 9.17) is 0 Å². The van der Waals surface area contributed by atoms with Crippen LogP contribution in [0.1, 0.15) is 59.8 Å². The van der Waals surface area contributed by atoms with Gasteiger partial charge in [-0.2, -0.15) is 0 Å². The van der Waals surface area contributed by atoms with E-state index in [0.29, 0.717) is 0 Å². The van der Waals surface area contributed by atoms with E-state index in [9.17, 15) is 9.59 Å². The van der Waals surface area contributed by atoms with Crippen molar-refractivity contribution in [1.82, 2.24) is 9.80 Å². The van der Waals surface area contributed by atoms with Crippen molar-refractivity contribution in [2.45, 2.75) is 77.9 Å². The van der Waals surface area contributed by atoms with E-state index in [1.165, 1.54) is 0 Å². The molecule has 4 heteroatoms. The number of piperazine rings is 1. The third-order valence-electron chi connectivity index (χ3n) is 4.85. The zero-order chi connectivity index (χ0) is 14.9. The molecule has 2 aliphatic rings. The summed E-state index contributed by atoms with van der Waals surface area (Å²) in [5.41, 5.74) is 0. The fourth-order valence-corrected chi connectivity index (χ4v) is 3.75. The number of carbonyl (C=O) groups is 2. The summed E-state index contributed by atoms with van der Waals surface area (Å²) in [5.74, 6) is 0.544. The summed E-state index contributed by atoms with van der Waals surface area (Å²) in [4.78, 5) is 29.5. The van der Waals surface area contributed by atoms with Gasteiger partial charge in [0.25, 0.3) is 0 Å². The number of piperidine rings is 1. The molecule has 0 aromatic rings. The number of carbonyl (C=O) groups excluding carboxylic acids is 2. The summed E-state index contributed by atoms with van der Waals surface area (Å²) in [7, 11) is 0. The molecule has 2 fully saturated rings. The monoisotopic (exact) mass is 280 g/mol. The number of amides is 2. The highest BCUT2D eigenvalue weighted by atomic mass is 16.2. The number of nitrogens with zero attached hydrogens (tertiary/aromatic N) is 2. The van der Waals surface area contributed by atoms with Crippen LogP contribution in [0.15, 0.2) is 0 Å². The third kappa shape index (κ3) is 2.45. The number of hydrogen-bond donors (Lipinski definition) is 0. The maximum absolute atomic E-state index is 12.9. The van der Waals surface area contributed by atoms with Crippen molar-refractivity contribution >= 4 is 11.8 Å². The summed E-state index contributed by atoms with van der Waals surface area (Å²) in [6.45, 7) is 9.08. The molecule has 2 unspecified atom stereocenters. The molecular formula is C16H28N2O2. The third-order valence-corrected chi connectivity index (χ3v) is 4.85. The van der Waals surface area contributed by atoms with Crippen molar-refractivity contribution in [2.75, 3.05) is 6.54 Å². The molecule has 0 aliphatic carbocycles. The molecule has 0 radical (unpaired) electrons. The van der Waals surface area contributed by atoms with Gasteiger partial charge >= 0.3 is 0 Å². The van der Waals surface area contributed by atoms with Gasteiger partial charge in [0.1, 0.15) is 12.1 Å². The van der Waals surface area contributed by atoms with Gasteiger partial charge in [0.15, 0.2) is 0 Å². The lowest BCUT2D eigenvalue weighted by molar-refractivity contribution is -0.169. The van der Waals surface area contributed by atoms with Gasteiger partial charge < -0.3 is 9.80 Å². The summed E-state index contributed by atoms with van der Waals surface area (Å²) in [6, 6.07) is -0.253. The van der Waals surface area contributed by atoms with Crippen LogP contribution in [-0.2, 0) is 9.59 Å². The normalized spacial score (nSPS) is 27.5. The summed E-state index contributed by atoms with van der Waals surface area (Å²) in [6.07, 6.45) is 4.78. The predicted molar refractivity (Wildman–Crippen MR) is 79.2 cm³/mol. The van der Waals surface area contributed by atoms with Gasteiger partial charge in [-0.15, -0.1) is 0 Å². The second-order valence-corrected chi connectivity index (χ2v) is 6.45. The molecule has 2 aliphatic heterocycles. The first-order chi connectivity index (χ1) is 9.52. The topological polar surface area (TPSA) is 40.6 Å². The van der Waals surface area contributed by atoms with Crippen LogP contribution in [0.5, 0.6) is 0 Å². The van der Waals surface area contributed by atoms with E-state index in [2.05, 4.69) is 27.7 Å². The van der Waals surface area contributed by atoms with E-state index < -0.39 is 0 Å².